The third kappa shape index (κ3) is 10.5. The van der Waals surface area contributed by atoms with Crippen LogP contribution in [0, 0.1) is 36.5 Å². The summed E-state index contributed by atoms with van der Waals surface area (Å²) in [5, 5.41) is 40.2. The molecule has 12 heteroatoms. The van der Waals surface area contributed by atoms with Gasteiger partial charge < -0.3 is 29.2 Å². The predicted octanol–water partition coefficient (Wildman–Crippen LogP) is 7.35. The van der Waals surface area contributed by atoms with Crippen LogP contribution in [0.15, 0.2) is 116 Å². The number of aliphatic hydroxyl groups is 1. The molecule has 0 unspecified atom stereocenters. The molecule has 1 atom stereocenters. The van der Waals surface area contributed by atoms with E-state index in [9.17, 15) is 20.3 Å². The number of benzene rings is 4. The number of hydrogen-bond donors (Lipinski definition) is 3. The Balaban J connectivity index is 1.13. The summed E-state index contributed by atoms with van der Waals surface area (Å²) in [4.78, 5) is 19.7. The van der Waals surface area contributed by atoms with Crippen LogP contribution in [-0.2, 0) is 37.8 Å². The number of aromatic nitrogens is 2. The molecule has 292 valence electrons. The van der Waals surface area contributed by atoms with Crippen molar-refractivity contribution in [2.75, 3.05) is 6.61 Å². The Labute approximate surface area is 336 Å². The summed E-state index contributed by atoms with van der Waals surface area (Å²) >= 11 is 0. The number of aliphatic hydroxyl groups excluding tert-OH is 1. The van der Waals surface area contributed by atoms with E-state index in [1.54, 1.807) is 42.7 Å². The van der Waals surface area contributed by atoms with E-state index in [0.717, 1.165) is 38.9 Å². The minimum Gasteiger partial charge on any atom is -0.489 e. The summed E-state index contributed by atoms with van der Waals surface area (Å²) in [6.45, 7) is 4.73. The molecule has 58 heavy (non-hydrogen) atoms. The number of carboxylic acids is 1. The molecule has 2 heterocycles. The number of carboxylic acid groups (broad SMARTS) is 1. The van der Waals surface area contributed by atoms with Gasteiger partial charge in [0.2, 0.25) is 0 Å². The molecule has 2 aromatic heterocycles. The second-order valence-corrected chi connectivity index (χ2v) is 13.4. The van der Waals surface area contributed by atoms with Crippen molar-refractivity contribution < 1.29 is 34.0 Å². The van der Waals surface area contributed by atoms with Crippen molar-refractivity contribution in [2.45, 2.75) is 52.9 Å². The summed E-state index contributed by atoms with van der Waals surface area (Å²) in [5.74, 6) is 1.14. The van der Waals surface area contributed by atoms with E-state index in [-0.39, 0.29) is 26.4 Å². The van der Waals surface area contributed by atoms with Crippen molar-refractivity contribution in [2.24, 2.45) is 0 Å². The number of rotatable bonds is 18. The number of pyridine rings is 2. The predicted molar refractivity (Wildman–Crippen MR) is 215 cm³/mol. The molecule has 0 fully saturated rings. The van der Waals surface area contributed by atoms with E-state index in [0.29, 0.717) is 51.9 Å². The van der Waals surface area contributed by atoms with Crippen molar-refractivity contribution in [1.82, 2.24) is 15.3 Å². The highest BCUT2D eigenvalue weighted by atomic mass is 16.5. The van der Waals surface area contributed by atoms with E-state index in [2.05, 4.69) is 59.5 Å². The van der Waals surface area contributed by atoms with Crippen LogP contribution < -0.4 is 24.3 Å². The van der Waals surface area contributed by atoms with Crippen molar-refractivity contribution in [3.63, 3.8) is 0 Å². The van der Waals surface area contributed by atoms with Gasteiger partial charge in [-0.05, 0) is 77.6 Å². The number of aliphatic carboxylic acids is 1. The van der Waals surface area contributed by atoms with Crippen molar-refractivity contribution in [3.05, 3.63) is 166 Å². The molecule has 3 N–H and O–H groups in total. The Bertz CT molecular complexity index is 2480. The van der Waals surface area contributed by atoms with Gasteiger partial charge in [-0.2, -0.15) is 10.5 Å². The van der Waals surface area contributed by atoms with E-state index in [1.807, 2.05) is 42.5 Å². The van der Waals surface area contributed by atoms with Crippen LogP contribution in [0.4, 0.5) is 0 Å². The lowest BCUT2D eigenvalue weighted by atomic mass is 9.92. The molecule has 0 bridgehead atoms. The average Bonchev–Trinajstić information content (AvgIpc) is 3.25. The summed E-state index contributed by atoms with van der Waals surface area (Å²) < 4.78 is 24.6. The molecule has 0 spiro atoms. The number of nitrogens with zero attached hydrogens (tertiary/aromatic N) is 4. The first-order valence-corrected chi connectivity index (χ1v) is 18.4. The van der Waals surface area contributed by atoms with Gasteiger partial charge >= 0.3 is 5.97 Å². The number of carbonyl (C=O) groups is 1. The topological polar surface area (TPSA) is 180 Å². The van der Waals surface area contributed by atoms with Gasteiger partial charge in [-0.15, -0.1) is 0 Å². The quantitative estimate of drug-likeness (QED) is 0.0791. The minimum atomic E-state index is -1.17. The summed E-state index contributed by atoms with van der Waals surface area (Å²) in [7, 11) is 0. The molecule has 12 nitrogen and oxygen atoms in total. The van der Waals surface area contributed by atoms with Gasteiger partial charge in [-0.25, -0.2) is 0 Å². The molecule has 0 saturated carbocycles. The summed E-state index contributed by atoms with van der Waals surface area (Å²) in [6, 6.07) is 31.5. The molecule has 0 aliphatic rings. The molecule has 0 saturated heterocycles. The zero-order valence-corrected chi connectivity index (χ0v) is 32.0. The van der Waals surface area contributed by atoms with Gasteiger partial charge in [0, 0.05) is 60.2 Å². The van der Waals surface area contributed by atoms with E-state index in [1.165, 1.54) is 12.4 Å². The lowest BCUT2D eigenvalue weighted by Crippen LogP contribution is -2.39. The van der Waals surface area contributed by atoms with E-state index < -0.39 is 18.6 Å². The zero-order valence-electron chi connectivity index (χ0n) is 32.0. The van der Waals surface area contributed by atoms with Gasteiger partial charge in [-0.1, -0.05) is 48.5 Å². The molecule has 6 rings (SSSR count). The zero-order chi connectivity index (χ0) is 40.9. The van der Waals surface area contributed by atoms with E-state index in [4.69, 9.17) is 24.2 Å². The minimum absolute atomic E-state index is 0.116. The monoisotopic (exact) mass is 775 g/mol. The highest BCUT2D eigenvalue weighted by molar-refractivity contribution is 5.74. The van der Waals surface area contributed by atoms with Crippen molar-refractivity contribution in [1.29, 1.82) is 10.5 Å². The maximum Gasteiger partial charge on any atom is 0.323 e. The van der Waals surface area contributed by atoms with E-state index >= 15 is 0 Å². The third-order valence-electron chi connectivity index (χ3n) is 9.48. The first kappa shape index (κ1) is 40.4. The molecular weight excluding hydrogens is 735 g/mol. The molecule has 6 aromatic rings. The molecule has 0 aliphatic carbocycles. The third-order valence-corrected chi connectivity index (χ3v) is 9.48. The Morgan fingerprint density at radius 1 is 0.655 bits per heavy atom. The van der Waals surface area contributed by atoms with Crippen LogP contribution in [0.25, 0.3) is 11.1 Å². The second-order valence-electron chi connectivity index (χ2n) is 13.4. The van der Waals surface area contributed by atoms with Crippen LogP contribution in [0.2, 0.25) is 0 Å². The lowest BCUT2D eigenvalue weighted by molar-refractivity contribution is -0.140. The molecule has 0 aliphatic heterocycles. The highest BCUT2D eigenvalue weighted by Crippen LogP contribution is 2.33. The first-order valence-electron chi connectivity index (χ1n) is 18.4. The van der Waals surface area contributed by atoms with Gasteiger partial charge in [0.15, 0.2) is 0 Å². The fraction of sp³-hybridized carbons (Fsp3) is 0.196. The number of nitrogens with one attached hydrogen (secondary N) is 1. The Morgan fingerprint density at radius 3 is 1.71 bits per heavy atom. The first-order chi connectivity index (χ1) is 28.2. The Hall–Kier alpha value is -7.25. The van der Waals surface area contributed by atoms with Crippen LogP contribution in [-0.4, -0.2) is 38.8 Å². The SMILES string of the molecule is Cc1c(COc2cccc(OCc3cncc(C#N)c3)c2)cccc1-c1cccc(COc2ccc(CN[C@H](CO)C(=O)O)c(OCc3cncc(C#N)c3)c2)c1C. The average molecular weight is 776 g/mol. The molecule has 0 radical (unpaired) electrons. The van der Waals surface area contributed by atoms with Gasteiger partial charge in [0.25, 0.3) is 0 Å². The van der Waals surface area contributed by atoms with Crippen LogP contribution in [0.5, 0.6) is 23.0 Å². The van der Waals surface area contributed by atoms with Crippen molar-refractivity contribution in [3.8, 4) is 46.3 Å². The van der Waals surface area contributed by atoms with Crippen LogP contribution >= 0.6 is 0 Å². The number of hydrogen-bond acceptors (Lipinski definition) is 11. The fourth-order valence-corrected chi connectivity index (χ4v) is 6.19. The maximum atomic E-state index is 11.5. The largest absolute Gasteiger partial charge is 0.489 e. The van der Waals surface area contributed by atoms with Crippen LogP contribution in [0.3, 0.4) is 0 Å². The maximum absolute atomic E-state index is 11.5. The van der Waals surface area contributed by atoms with Crippen molar-refractivity contribution >= 4 is 5.97 Å². The standard InChI is InChI=1S/C46H41N5O7/c1-30-37(28-56-40-9-5-8-39(16-40)55-26-34-14-32(18-47)20-49-22-34)6-3-10-42(30)43-11-4-7-38(31(43)2)29-57-41-13-12-36(24-51-44(25-52)46(53)54)45(17-41)58-27-35-15-33(19-48)21-50-23-35/h3-17,20-23,44,51-52H,24-29H2,1-2H3,(H,53,54)/t44-/m1/s1. The van der Waals surface area contributed by atoms with Gasteiger partial charge in [0.1, 0.15) is 67.6 Å². The smallest absolute Gasteiger partial charge is 0.323 e. The fourth-order valence-electron chi connectivity index (χ4n) is 6.19. The normalized spacial score (nSPS) is 11.2. The van der Waals surface area contributed by atoms with Gasteiger partial charge in [0.05, 0.1) is 17.7 Å². The Kier molecular flexibility index (Phi) is 13.6. The molecule has 0 amide bonds. The number of ether oxygens (including phenoxy) is 4. The molecule has 4 aromatic carbocycles. The second kappa shape index (κ2) is 19.6. The Morgan fingerprint density at radius 2 is 1.17 bits per heavy atom. The lowest BCUT2D eigenvalue weighted by Gasteiger charge is -2.18. The summed E-state index contributed by atoms with van der Waals surface area (Å²) in [5.41, 5.74) is 9.37. The highest BCUT2D eigenvalue weighted by Gasteiger charge is 2.17. The van der Waals surface area contributed by atoms with Gasteiger partial charge in [-0.3, -0.25) is 20.1 Å². The summed E-state index contributed by atoms with van der Waals surface area (Å²) in [6.07, 6.45) is 6.27. The van der Waals surface area contributed by atoms with Crippen LogP contribution in [0.1, 0.15) is 50.1 Å². The number of nitriles is 2. The molecular formula is C46H41N5O7.